The Morgan fingerprint density at radius 2 is 2.31 bits per heavy atom. The van der Waals surface area contributed by atoms with E-state index in [2.05, 4.69) is 0 Å². The number of aliphatic hydroxyl groups excluding tert-OH is 1. The molecule has 2 atom stereocenters. The van der Waals surface area contributed by atoms with Crippen molar-refractivity contribution in [3.8, 4) is 0 Å². The Balaban J connectivity index is 2.58. The summed E-state index contributed by atoms with van der Waals surface area (Å²) in [6.07, 6.45) is 6.68. The number of morpholine rings is 1. The lowest BCUT2D eigenvalue weighted by molar-refractivity contribution is -0.140. The first-order valence-corrected chi connectivity index (χ1v) is 5.51. The molecule has 90 valence electrons. The third-order valence-corrected chi connectivity index (χ3v) is 2.53. The van der Waals surface area contributed by atoms with Crippen LogP contribution in [0.5, 0.6) is 0 Å². The van der Waals surface area contributed by atoms with Gasteiger partial charge < -0.3 is 14.7 Å². The molecular formula is C12H19NO3. The predicted octanol–water partition coefficient (Wildman–Crippen LogP) is 0.727. The summed E-state index contributed by atoms with van der Waals surface area (Å²) in [6, 6.07) is 0.0607. The minimum Gasteiger partial charge on any atom is -0.394 e. The van der Waals surface area contributed by atoms with E-state index in [1.165, 1.54) is 6.08 Å². The van der Waals surface area contributed by atoms with Gasteiger partial charge in [-0.3, -0.25) is 4.79 Å². The zero-order chi connectivity index (χ0) is 12.0. The smallest absolute Gasteiger partial charge is 0.246 e. The van der Waals surface area contributed by atoms with E-state index in [4.69, 9.17) is 9.84 Å². The van der Waals surface area contributed by atoms with Crippen molar-refractivity contribution in [3.05, 3.63) is 24.3 Å². The van der Waals surface area contributed by atoms with Gasteiger partial charge in [0.15, 0.2) is 0 Å². The number of ether oxygens (including phenoxy) is 1. The van der Waals surface area contributed by atoms with Gasteiger partial charge in [0.05, 0.1) is 25.4 Å². The fraction of sp³-hybridized carbons (Fsp3) is 0.583. The molecule has 0 aromatic rings. The third-order valence-electron chi connectivity index (χ3n) is 2.53. The Labute approximate surface area is 96.2 Å². The van der Waals surface area contributed by atoms with E-state index in [0.717, 1.165) is 0 Å². The first kappa shape index (κ1) is 12.9. The molecule has 1 N–H and O–H groups in total. The van der Waals surface area contributed by atoms with Crippen molar-refractivity contribution in [1.29, 1.82) is 0 Å². The van der Waals surface area contributed by atoms with Crippen LogP contribution in [-0.4, -0.2) is 47.8 Å². The lowest BCUT2D eigenvalue weighted by Gasteiger charge is -2.36. The zero-order valence-electron chi connectivity index (χ0n) is 9.80. The highest BCUT2D eigenvalue weighted by molar-refractivity contribution is 5.88. The monoisotopic (exact) mass is 225 g/mol. The number of allylic oxidation sites excluding steroid dienone is 3. The number of carbonyl (C=O) groups excluding carboxylic acids is 1. The minimum atomic E-state index is -0.254. The van der Waals surface area contributed by atoms with Crippen LogP contribution in [0.3, 0.4) is 0 Å². The summed E-state index contributed by atoms with van der Waals surface area (Å²) < 4.78 is 5.36. The quantitative estimate of drug-likeness (QED) is 0.569. The maximum atomic E-state index is 11.8. The second-order valence-electron chi connectivity index (χ2n) is 3.86. The van der Waals surface area contributed by atoms with Crippen LogP contribution in [0.15, 0.2) is 24.3 Å². The van der Waals surface area contributed by atoms with E-state index in [0.29, 0.717) is 13.2 Å². The number of hydrogen-bond donors (Lipinski definition) is 1. The summed E-state index contributed by atoms with van der Waals surface area (Å²) in [5.74, 6) is -0.0349. The lowest BCUT2D eigenvalue weighted by atomic mass is 10.2. The van der Waals surface area contributed by atoms with Crippen molar-refractivity contribution in [1.82, 2.24) is 4.90 Å². The van der Waals surface area contributed by atoms with Crippen LogP contribution in [-0.2, 0) is 9.53 Å². The van der Waals surface area contributed by atoms with E-state index in [1.807, 2.05) is 26.0 Å². The summed E-state index contributed by atoms with van der Waals surface area (Å²) in [5, 5.41) is 9.00. The fourth-order valence-corrected chi connectivity index (χ4v) is 1.58. The normalized spacial score (nSPS) is 26.8. The average Bonchev–Trinajstić information content (AvgIpc) is 2.30. The van der Waals surface area contributed by atoms with Crippen molar-refractivity contribution >= 4 is 5.91 Å². The molecule has 1 heterocycles. The molecule has 4 heteroatoms. The highest BCUT2D eigenvalue weighted by Gasteiger charge is 2.27. The van der Waals surface area contributed by atoms with Gasteiger partial charge in [-0.2, -0.15) is 0 Å². The molecule has 0 bridgehead atoms. The van der Waals surface area contributed by atoms with Gasteiger partial charge in [0.1, 0.15) is 0 Å². The summed E-state index contributed by atoms with van der Waals surface area (Å²) in [7, 11) is 0. The Morgan fingerprint density at radius 3 is 2.94 bits per heavy atom. The molecule has 1 amide bonds. The molecule has 0 radical (unpaired) electrons. The molecule has 0 aromatic carbocycles. The number of carbonyl (C=O) groups is 1. The first-order chi connectivity index (χ1) is 7.69. The number of aliphatic hydroxyl groups is 1. The van der Waals surface area contributed by atoms with Crippen LogP contribution < -0.4 is 0 Å². The van der Waals surface area contributed by atoms with Crippen molar-refractivity contribution < 1.29 is 14.6 Å². The van der Waals surface area contributed by atoms with Crippen LogP contribution in [0.25, 0.3) is 0 Å². The molecule has 1 aliphatic rings. The van der Waals surface area contributed by atoms with Gasteiger partial charge in [-0.05, 0) is 13.8 Å². The van der Waals surface area contributed by atoms with E-state index in [1.54, 1.807) is 11.0 Å². The van der Waals surface area contributed by atoms with Gasteiger partial charge in [-0.1, -0.05) is 18.2 Å². The Bertz CT molecular complexity index is 286. The van der Waals surface area contributed by atoms with Gasteiger partial charge in [0.2, 0.25) is 5.91 Å². The maximum absolute atomic E-state index is 11.8. The van der Waals surface area contributed by atoms with Gasteiger partial charge in [0.25, 0.3) is 0 Å². The molecule has 0 spiro atoms. The van der Waals surface area contributed by atoms with Gasteiger partial charge in [-0.15, -0.1) is 0 Å². The van der Waals surface area contributed by atoms with Gasteiger partial charge in [-0.25, -0.2) is 0 Å². The summed E-state index contributed by atoms with van der Waals surface area (Å²) in [5.41, 5.74) is 0. The van der Waals surface area contributed by atoms with Crippen LogP contribution in [0.2, 0.25) is 0 Å². The van der Waals surface area contributed by atoms with Gasteiger partial charge in [0, 0.05) is 12.6 Å². The molecular weight excluding hydrogens is 206 g/mol. The second-order valence-corrected chi connectivity index (χ2v) is 3.86. The molecule has 1 rings (SSSR count). The second kappa shape index (κ2) is 6.45. The number of nitrogens with zero attached hydrogens (tertiary/aromatic N) is 1. The molecule has 1 fully saturated rings. The molecule has 4 nitrogen and oxygen atoms in total. The van der Waals surface area contributed by atoms with Crippen LogP contribution in [0.4, 0.5) is 0 Å². The Hall–Kier alpha value is -1.13. The Kier molecular flexibility index (Phi) is 5.22. The first-order valence-electron chi connectivity index (χ1n) is 5.51. The maximum Gasteiger partial charge on any atom is 0.246 e. The summed E-state index contributed by atoms with van der Waals surface area (Å²) in [4.78, 5) is 13.5. The molecule has 1 aliphatic heterocycles. The van der Waals surface area contributed by atoms with E-state index in [-0.39, 0.29) is 24.7 Å². The van der Waals surface area contributed by atoms with Crippen molar-refractivity contribution in [2.24, 2.45) is 0 Å². The standard InChI is InChI=1S/C12H19NO3/c1-3-4-5-6-12(15)13-7-11(8-14)16-9-10(13)2/h3-6,10-11,14H,7-9H2,1-2H3/b4-3+,6-5?. The predicted molar refractivity (Wildman–Crippen MR) is 62.0 cm³/mol. The largest absolute Gasteiger partial charge is 0.394 e. The molecule has 0 aromatic heterocycles. The summed E-state index contributed by atoms with van der Waals surface area (Å²) in [6.45, 7) is 4.73. The molecule has 0 saturated carbocycles. The lowest BCUT2D eigenvalue weighted by Crippen LogP contribution is -2.51. The van der Waals surface area contributed by atoms with E-state index < -0.39 is 0 Å². The number of rotatable bonds is 3. The van der Waals surface area contributed by atoms with E-state index in [9.17, 15) is 4.79 Å². The highest BCUT2D eigenvalue weighted by atomic mass is 16.5. The van der Waals surface area contributed by atoms with Crippen molar-refractivity contribution in [3.63, 3.8) is 0 Å². The fourth-order valence-electron chi connectivity index (χ4n) is 1.58. The zero-order valence-corrected chi connectivity index (χ0v) is 9.80. The number of hydrogen-bond acceptors (Lipinski definition) is 3. The van der Waals surface area contributed by atoms with Gasteiger partial charge >= 0.3 is 0 Å². The SMILES string of the molecule is C/C=C/C=CC(=O)N1CC(CO)OCC1C. The van der Waals surface area contributed by atoms with Crippen molar-refractivity contribution in [2.75, 3.05) is 19.8 Å². The molecule has 16 heavy (non-hydrogen) atoms. The number of amides is 1. The molecule has 0 aliphatic carbocycles. The minimum absolute atomic E-state index is 0.0349. The topological polar surface area (TPSA) is 49.8 Å². The third kappa shape index (κ3) is 3.47. The summed E-state index contributed by atoms with van der Waals surface area (Å²) >= 11 is 0. The van der Waals surface area contributed by atoms with Crippen LogP contribution >= 0.6 is 0 Å². The Morgan fingerprint density at radius 1 is 1.56 bits per heavy atom. The molecule has 1 saturated heterocycles. The molecule has 2 unspecified atom stereocenters. The van der Waals surface area contributed by atoms with E-state index >= 15 is 0 Å². The van der Waals surface area contributed by atoms with Crippen LogP contribution in [0.1, 0.15) is 13.8 Å². The highest BCUT2D eigenvalue weighted by Crippen LogP contribution is 2.11. The average molecular weight is 225 g/mol. The van der Waals surface area contributed by atoms with Crippen LogP contribution in [0, 0.1) is 0 Å². The van der Waals surface area contributed by atoms with Crippen molar-refractivity contribution in [2.45, 2.75) is 26.0 Å².